The summed E-state index contributed by atoms with van der Waals surface area (Å²) >= 11 is 0. The maximum Gasteiger partial charge on any atom is 0.233 e. The molecule has 0 radical (unpaired) electrons. The Hall–Kier alpha value is -0.610. The Balaban J connectivity index is 1.74. The number of nitrogens with zero attached hydrogens (tertiary/aromatic N) is 1. The maximum absolute atomic E-state index is 11.4. The van der Waals surface area contributed by atoms with Crippen LogP contribution in [0.5, 0.6) is 0 Å². The van der Waals surface area contributed by atoms with E-state index in [-0.39, 0.29) is 5.91 Å². The first kappa shape index (κ1) is 16.8. The van der Waals surface area contributed by atoms with Crippen LogP contribution in [0, 0.1) is 11.3 Å². The average molecular weight is 295 g/mol. The van der Waals surface area contributed by atoms with Gasteiger partial charge in [0.25, 0.3) is 0 Å². The summed E-state index contributed by atoms with van der Waals surface area (Å²) in [7, 11) is 1.71. The van der Waals surface area contributed by atoms with Crippen molar-refractivity contribution in [2.45, 2.75) is 65.0 Å². The van der Waals surface area contributed by atoms with Crippen LogP contribution in [0.4, 0.5) is 0 Å². The molecule has 2 unspecified atom stereocenters. The lowest BCUT2D eigenvalue weighted by Gasteiger charge is -2.42. The van der Waals surface area contributed by atoms with Gasteiger partial charge in [0.2, 0.25) is 5.91 Å². The van der Waals surface area contributed by atoms with Crippen LogP contribution in [-0.2, 0) is 4.79 Å². The molecule has 21 heavy (non-hydrogen) atoms. The number of rotatable bonds is 4. The lowest BCUT2D eigenvalue weighted by atomic mass is 9.70. The SMILES string of the molecule is CNC(=O)CN1CCC(NC2CC(C)CC(C)(C)C2)CC1. The zero-order chi connectivity index (χ0) is 15.5. The number of hydrogen-bond donors (Lipinski definition) is 2. The number of carbonyl (C=O) groups is 1. The number of nitrogens with one attached hydrogen (secondary N) is 2. The summed E-state index contributed by atoms with van der Waals surface area (Å²) in [6, 6.07) is 1.32. The van der Waals surface area contributed by atoms with Crippen molar-refractivity contribution >= 4 is 5.91 Å². The summed E-state index contributed by atoms with van der Waals surface area (Å²) in [4.78, 5) is 13.7. The molecule has 0 aromatic carbocycles. The van der Waals surface area contributed by atoms with Crippen LogP contribution in [-0.4, -0.2) is 49.6 Å². The smallest absolute Gasteiger partial charge is 0.233 e. The first-order chi connectivity index (χ1) is 9.88. The molecule has 0 aromatic rings. The second kappa shape index (κ2) is 7.10. The van der Waals surface area contributed by atoms with E-state index in [9.17, 15) is 4.79 Å². The zero-order valence-electron chi connectivity index (χ0n) is 14.2. The van der Waals surface area contributed by atoms with Crippen molar-refractivity contribution in [1.82, 2.24) is 15.5 Å². The fourth-order valence-corrected chi connectivity index (χ4v) is 4.35. The average Bonchev–Trinajstić information content (AvgIpc) is 2.38. The second-order valence-electron chi connectivity index (χ2n) is 8.00. The highest BCUT2D eigenvalue weighted by Crippen LogP contribution is 2.38. The van der Waals surface area contributed by atoms with Crippen molar-refractivity contribution in [3.8, 4) is 0 Å². The van der Waals surface area contributed by atoms with Crippen LogP contribution in [0.2, 0.25) is 0 Å². The van der Waals surface area contributed by atoms with Gasteiger partial charge in [0.15, 0.2) is 0 Å². The van der Waals surface area contributed by atoms with Gasteiger partial charge in [0, 0.05) is 32.2 Å². The quantitative estimate of drug-likeness (QED) is 0.834. The Morgan fingerprint density at radius 3 is 2.43 bits per heavy atom. The Labute approximate surface area is 130 Å². The Kier molecular flexibility index (Phi) is 5.67. The minimum atomic E-state index is 0.129. The Bertz CT molecular complexity index is 348. The molecule has 4 heteroatoms. The molecule has 1 saturated heterocycles. The third kappa shape index (κ3) is 5.26. The van der Waals surface area contributed by atoms with Gasteiger partial charge in [-0.3, -0.25) is 9.69 Å². The topological polar surface area (TPSA) is 44.4 Å². The minimum absolute atomic E-state index is 0.129. The van der Waals surface area contributed by atoms with Gasteiger partial charge in [-0.1, -0.05) is 20.8 Å². The summed E-state index contributed by atoms with van der Waals surface area (Å²) in [6.45, 7) is 9.83. The fourth-order valence-electron chi connectivity index (χ4n) is 4.35. The molecule has 2 rings (SSSR count). The van der Waals surface area contributed by atoms with Gasteiger partial charge in [-0.2, -0.15) is 0 Å². The number of likely N-dealkylation sites (N-methyl/N-ethyl adjacent to an activating group) is 1. The van der Waals surface area contributed by atoms with E-state index in [1.54, 1.807) is 7.05 Å². The van der Waals surface area contributed by atoms with E-state index in [0.717, 1.165) is 19.0 Å². The monoisotopic (exact) mass is 295 g/mol. The summed E-state index contributed by atoms with van der Waals surface area (Å²) in [6.07, 6.45) is 6.32. The van der Waals surface area contributed by atoms with Crippen LogP contribution < -0.4 is 10.6 Å². The number of hydrogen-bond acceptors (Lipinski definition) is 3. The molecule has 2 atom stereocenters. The van der Waals surface area contributed by atoms with Crippen molar-refractivity contribution in [3.63, 3.8) is 0 Å². The van der Waals surface area contributed by atoms with Crippen LogP contribution in [0.25, 0.3) is 0 Å². The molecule has 2 aliphatic rings. The molecule has 0 spiro atoms. The third-order valence-electron chi connectivity index (χ3n) is 5.09. The number of likely N-dealkylation sites (tertiary alicyclic amines) is 1. The molecule has 4 nitrogen and oxygen atoms in total. The second-order valence-corrected chi connectivity index (χ2v) is 8.00. The molecular weight excluding hydrogens is 262 g/mol. The summed E-state index contributed by atoms with van der Waals surface area (Å²) in [5, 5.41) is 6.61. The molecular formula is C17H33N3O. The van der Waals surface area contributed by atoms with Gasteiger partial charge in [-0.05, 0) is 43.4 Å². The highest BCUT2D eigenvalue weighted by atomic mass is 16.1. The van der Waals surface area contributed by atoms with Gasteiger partial charge in [-0.15, -0.1) is 0 Å². The van der Waals surface area contributed by atoms with Crippen LogP contribution in [0.1, 0.15) is 52.9 Å². The first-order valence-corrected chi connectivity index (χ1v) is 8.57. The highest BCUT2D eigenvalue weighted by molar-refractivity contribution is 5.77. The van der Waals surface area contributed by atoms with E-state index < -0.39 is 0 Å². The van der Waals surface area contributed by atoms with Crippen molar-refractivity contribution < 1.29 is 4.79 Å². The molecule has 2 N–H and O–H groups in total. The summed E-state index contributed by atoms with van der Waals surface area (Å²) in [5.41, 5.74) is 0.481. The number of piperidine rings is 1. The molecule has 1 heterocycles. The van der Waals surface area contributed by atoms with E-state index >= 15 is 0 Å². The molecule has 0 bridgehead atoms. The zero-order valence-corrected chi connectivity index (χ0v) is 14.2. The van der Waals surface area contributed by atoms with Crippen LogP contribution in [0.3, 0.4) is 0 Å². The van der Waals surface area contributed by atoms with Gasteiger partial charge in [0.05, 0.1) is 6.54 Å². The van der Waals surface area contributed by atoms with Gasteiger partial charge < -0.3 is 10.6 Å². The molecule has 122 valence electrons. The largest absolute Gasteiger partial charge is 0.358 e. The Morgan fingerprint density at radius 2 is 1.86 bits per heavy atom. The van der Waals surface area contributed by atoms with E-state index in [1.807, 2.05) is 0 Å². The predicted molar refractivity (Wildman–Crippen MR) is 87.2 cm³/mol. The van der Waals surface area contributed by atoms with Crippen molar-refractivity contribution in [2.24, 2.45) is 11.3 Å². The first-order valence-electron chi connectivity index (χ1n) is 8.57. The van der Waals surface area contributed by atoms with E-state index in [4.69, 9.17) is 0 Å². The van der Waals surface area contributed by atoms with Gasteiger partial charge >= 0.3 is 0 Å². The van der Waals surface area contributed by atoms with Crippen LogP contribution in [0.15, 0.2) is 0 Å². The maximum atomic E-state index is 11.4. The number of amides is 1. The molecule has 1 amide bonds. The van der Waals surface area contributed by atoms with Crippen LogP contribution >= 0.6 is 0 Å². The normalized spacial score (nSPS) is 31.0. The van der Waals surface area contributed by atoms with E-state index in [1.165, 1.54) is 32.1 Å². The van der Waals surface area contributed by atoms with Crippen molar-refractivity contribution in [2.75, 3.05) is 26.7 Å². The van der Waals surface area contributed by atoms with E-state index in [0.29, 0.717) is 24.0 Å². The standard InChI is InChI=1S/C17H33N3O/c1-13-9-15(11-17(2,3)10-13)19-14-5-7-20(8-6-14)12-16(21)18-4/h13-15,19H,5-12H2,1-4H3,(H,18,21). The van der Waals surface area contributed by atoms with Crippen molar-refractivity contribution in [1.29, 1.82) is 0 Å². The Morgan fingerprint density at radius 1 is 1.19 bits per heavy atom. The molecule has 2 fully saturated rings. The van der Waals surface area contributed by atoms with Gasteiger partial charge in [-0.25, -0.2) is 0 Å². The minimum Gasteiger partial charge on any atom is -0.358 e. The van der Waals surface area contributed by atoms with E-state index in [2.05, 4.69) is 36.3 Å². The lowest BCUT2D eigenvalue weighted by Crippen LogP contribution is -2.50. The number of carbonyl (C=O) groups excluding carboxylic acids is 1. The molecule has 0 aromatic heterocycles. The predicted octanol–water partition coefficient (Wildman–Crippen LogP) is 2.00. The molecule has 1 aliphatic heterocycles. The fraction of sp³-hybridized carbons (Fsp3) is 0.941. The lowest BCUT2D eigenvalue weighted by molar-refractivity contribution is -0.122. The van der Waals surface area contributed by atoms with Crippen molar-refractivity contribution in [3.05, 3.63) is 0 Å². The summed E-state index contributed by atoms with van der Waals surface area (Å²) < 4.78 is 0. The summed E-state index contributed by atoms with van der Waals surface area (Å²) in [5.74, 6) is 0.962. The molecule has 1 saturated carbocycles. The molecule has 1 aliphatic carbocycles. The highest BCUT2D eigenvalue weighted by Gasteiger charge is 2.33. The van der Waals surface area contributed by atoms with Gasteiger partial charge in [0.1, 0.15) is 0 Å². The third-order valence-corrected chi connectivity index (χ3v) is 5.09.